The maximum absolute atomic E-state index is 12.4. The van der Waals surface area contributed by atoms with Crippen molar-refractivity contribution in [2.75, 3.05) is 33.2 Å². The Labute approximate surface area is 204 Å². The van der Waals surface area contributed by atoms with Crippen LogP contribution in [0.5, 0.6) is 5.88 Å². The first kappa shape index (κ1) is 23.6. The number of ether oxygens (including phenoxy) is 1. The minimum absolute atomic E-state index is 0.189. The third kappa shape index (κ3) is 6.29. The summed E-state index contributed by atoms with van der Waals surface area (Å²) in [6.07, 6.45) is 14.6. The number of hydrogen-bond acceptors (Lipinski definition) is 6. The summed E-state index contributed by atoms with van der Waals surface area (Å²) < 4.78 is 6.02. The fourth-order valence-electron chi connectivity index (χ4n) is 5.80. The quantitative estimate of drug-likeness (QED) is 0.634. The number of hydrogen-bond donors (Lipinski definition) is 1. The van der Waals surface area contributed by atoms with Gasteiger partial charge in [-0.1, -0.05) is 6.07 Å². The molecular formula is C27H41N5O2. The van der Waals surface area contributed by atoms with E-state index in [-0.39, 0.29) is 11.8 Å². The monoisotopic (exact) mass is 467 g/mol. The minimum atomic E-state index is 0.189. The van der Waals surface area contributed by atoms with Crippen molar-refractivity contribution in [3.05, 3.63) is 23.4 Å². The number of aromatic nitrogens is 1. The van der Waals surface area contributed by atoms with E-state index in [4.69, 9.17) is 9.72 Å². The minimum Gasteiger partial charge on any atom is -0.474 e. The van der Waals surface area contributed by atoms with Crippen LogP contribution in [0, 0.1) is 11.8 Å². The first-order chi connectivity index (χ1) is 16.6. The first-order valence-electron chi connectivity index (χ1n) is 13.5. The van der Waals surface area contributed by atoms with Crippen molar-refractivity contribution in [3.63, 3.8) is 0 Å². The summed E-state index contributed by atoms with van der Waals surface area (Å²) in [5, 5.41) is 9.43. The van der Waals surface area contributed by atoms with Crippen LogP contribution >= 0.6 is 0 Å². The van der Waals surface area contributed by atoms with Crippen LogP contribution in [0.3, 0.4) is 0 Å². The van der Waals surface area contributed by atoms with E-state index < -0.39 is 0 Å². The molecule has 7 heteroatoms. The van der Waals surface area contributed by atoms with Gasteiger partial charge in [-0.3, -0.25) is 9.80 Å². The first-order valence-corrected chi connectivity index (χ1v) is 13.5. The van der Waals surface area contributed by atoms with E-state index in [2.05, 4.69) is 27.5 Å². The lowest BCUT2D eigenvalue weighted by Gasteiger charge is -2.31. The number of carbonyl (C=O) groups excluding carboxylic acids is 1. The van der Waals surface area contributed by atoms with Gasteiger partial charge < -0.3 is 15.0 Å². The molecule has 0 saturated heterocycles. The number of nitrogens with one attached hydrogen (secondary N) is 1. The molecule has 186 valence electrons. The fourth-order valence-corrected chi connectivity index (χ4v) is 5.80. The highest BCUT2D eigenvalue weighted by Crippen LogP contribution is 2.28. The predicted molar refractivity (Wildman–Crippen MR) is 134 cm³/mol. The number of pyridine rings is 1. The molecular weight excluding hydrogens is 426 g/mol. The van der Waals surface area contributed by atoms with Gasteiger partial charge in [0.25, 0.3) is 0 Å². The van der Waals surface area contributed by atoms with Crippen molar-refractivity contribution in [1.82, 2.24) is 20.2 Å². The molecule has 1 atom stereocenters. The van der Waals surface area contributed by atoms with Crippen molar-refractivity contribution < 1.29 is 9.53 Å². The molecule has 5 rings (SSSR count). The van der Waals surface area contributed by atoms with Crippen LogP contribution in [-0.2, 0) is 17.6 Å². The Morgan fingerprint density at radius 2 is 1.94 bits per heavy atom. The van der Waals surface area contributed by atoms with Gasteiger partial charge in [-0.15, -0.1) is 0 Å². The molecule has 0 bridgehead atoms. The summed E-state index contributed by atoms with van der Waals surface area (Å²) in [6.45, 7) is 4.25. The van der Waals surface area contributed by atoms with Crippen molar-refractivity contribution >= 4 is 12.1 Å². The largest absolute Gasteiger partial charge is 0.474 e. The normalized spacial score (nSPS) is 27.7. The highest BCUT2D eigenvalue weighted by molar-refractivity contribution is 5.80. The second-order valence-corrected chi connectivity index (χ2v) is 10.9. The molecule has 1 aromatic rings. The highest BCUT2D eigenvalue weighted by Gasteiger charge is 2.26. The molecule has 1 aromatic heterocycles. The van der Waals surface area contributed by atoms with E-state index in [1.807, 2.05) is 18.3 Å². The molecule has 2 fully saturated rings. The van der Waals surface area contributed by atoms with Crippen LogP contribution in [0.15, 0.2) is 17.2 Å². The van der Waals surface area contributed by atoms with Crippen LogP contribution in [0.2, 0.25) is 0 Å². The van der Waals surface area contributed by atoms with Crippen molar-refractivity contribution in [3.8, 4) is 5.88 Å². The zero-order valence-electron chi connectivity index (χ0n) is 20.8. The van der Waals surface area contributed by atoms with E-state index in [1.165, 1.54) is 56.3 Å². The Kier molecular flexibility index (Phi) is 7.67. The Morgan fingerprint density at radius 3 is 2.68 bits per heavy atom. The van der Waals surface area contributed by atoms with Gasteiger partial charge in [-0.25, -0.2) is 4.98 Å². The molecule has 3 heterocycles. The standard InChI is InChI=1S/C27H41N5O2/c1-31-19-21(18-28-31)17-26(33)29-23-8-5-20(6-9-23)11-14-32-15-12-22-7-10-27(30-25(22)13-16-32)34-24-3-2-4-24/h7,10,18,20-21,23-24H,2-6,8-9,11-17,19H2,1H3,(H,29,33). The Hall–Kier alpha value is -2.15. The molecule has 2 saturated carbocycles. The molecule has 2 aliphatic carbocycles. The van der Waals surface area contributed by atoms with Gasteiger partial charge in [-0.2, -0.15) is 5.10 Å². The molecule has 1 amide bonds. The van der Waals surface area contributed by atoms with Crippen LogP contribution in [0.4, 0.5) is 0 Å². The van der Waals surface area contributed by atoms with Crippen molar-refractivity contribution in [2.24, 2.45) is 16.9 Å². The zero-order valence-corrected chi connectivity index (χ0v) is 20.8. The predicted octanol–water partition coefficient (Wildman–Crippen LogP) is 3.42. The van der Waals surface area contributed by atoms with E-state index in [1.54, 1.807) is 0 Å². The van der Waals surface area contributed by atoms with E-state index in [0.717, 1.165) is 57.1 Å². The van der Waals surface area contributed by atoms with Crippen LogP contribution < -0.4 is 10.1 Å². The molecule has 7 nitrogen and oxygen atoms in total. The number of fused-ring (bicyclic) bond motifs is 1. The summed E-state index contributed by atoms with van der Waals surface area (Å²) in [6, 6.07) is 4.67. The van der Waals surface area contributed by atoms with Crippen molar-refractivity contribution in [2.45, 2.75) is 82.8 Å². The maximum Gasteiger partial charge on any atom is 0.220 e. The number of carbonyl (C=O) groups is 1. The number of rotatable bonds is 8. The summed E-state index contributed by atoms with van der Waals surface area (Å²) in [7, 11) is 1.96. The molecule has 4 aliphatic rings. The van der Waals surface area contributed by atoms with E-state index in [9.17, 15) is 4.79 Å². The van der Waals surface area contributed by atoms with Gasteiger partial charge in [0.05, 0.1) is 0 Å². The number of hydrazone groups is 1. The molecule has 1 N–H and O–H groups in total. The molecule has 34 heavy (non-hydrogen) atoms. The summed E-state index contributed by atoms with van der Waals surface area (Å²) in [4.78, 5) is 19.9. The molecule has 2 aliphatic heterocycles. The number of amides is 1. The van der Waals surface area contributed by atoms with Crippen LogP contribution in [0.1, 0.15) is 69.0 Å². The molecule has 0 radical (unpaired) electrons. The van der Waals surface area contributed by atoms with E-state index >= 15 is 0 Å². The lowest BCUT2D eigenvalue weighted by atomic mass is 9.84. The topological polar surface area (TPSA) is 70.1 Å². The Balaban J connectivity index is 0.997. The third-order valence-electron chi connectivity index (χ3n) is 8.23. The summed E-state index contributed by atoms with van der Waals surface area (Å²) >= 11 is 0. The third-order valence-corrected chi connectivity index (χ3v) is 8.23. The van der Waals surface area contributed by atoms with Gasteiger partial charge in [0.2, 0.25) is 11.8 Å². The van der Waals surface area contributed by atoms with Crippen LogP contribution in [0.25, 0.3) is 0 Å². The molecule has 1 unspecified atom stereocenters. The van der Waals surface area contributed by atoms with E-state index in [0.29, 0.717) is 18.6 Å². The number of nitrogens with zero attached hydrogens (tertiary/aromatic N) is 4. The maximum atomic E-state index is 12.4. The highest BCUT2D eigenvalue weighted by atomic mass is 16.5. The summed E-state index contributed by atoms with van der Waals surface area (Å²) in [5.41, 5.74) is 2.64. The van der Waals surface area contributed by atoms with Crippen molar-refractivity contribution in [1.29, 1.82) is 0 Å². The molecule has 0 aromatic carbocycles. The second kappa shape index (κ2) is 11.1. The lowest BCUT2D eigenvalue weighted by Crippen LogP contribution is -2.39. The Morgan fingerprint density at radius 1 is 1.12 bits per heavy atom. The average molecular weight is 468 g/mol. The zero-order chi connectivity index (χ0) is 23.3. The summed E-state index contributed by atoms with van der Waals surface area (Å²) in [5.74, 6) is 2.06. The fraction of sp³-hybridized carbons (Fsp3) is 0.741. The van der Waals surface area contributed by atoms with Gasteiger partial charge in [0.1, 0.15) is 6.10 Å². The van der Waals surface area contributed by atoms with Gasteiger partial charge in [0, 0.05) is 69.5 Å². The smallest absolute Gasteiger partial charge is 0.220 e. The SMILES string of the molecule is CN1CC(CC(=O)NC2CCC(CCN3CCc4ccc(OC5CCC5)nc4CC3)CC2)C=N1. The van der Waals surface area contributed by atoms with Crippen LogP contribution in [-0.4, -0.2) is 72.4 Å². The van der Waals surface area contributed by atoms with Gasteiger partial charge >= 0.3 is 0 Å². The average Bonchev–Trinajstić information content (AvgIpc) is 3.10. The Bertz CT molecular complexity index is 863. The second-order valence-electron chi connectivity index (χ2n) is 10.9. The lowest BCUT2D eigenvalue weighted by molar-refractivity contribution is -0.122. The molecule has 0 spiro atoms. The van der Waals surface area contributed by atoms with Gasteiger partial charge in [0.15, 0.2) is 0 Å². The van der Waals surface area contributed by atoms with Gasteiger partial charge in [-0.05, 0) is 75.8 Å².